The molecule has 3 aromatic rings. The molecule has 3 aromatic heterocycles. The summed E-state index contributed by atoms with van der Waals surface area (Å²) in [7, 11) is 0. The van der Waals surface area contributed by atoms with E-state index in [9.17, 15) is 0 Å². The molecule has 1 aliphatic rings. The Balaban J connectivity index is 1.45. The number of rotatable bonds is 5. The van der Waals surface area contributed by atoms with Crippen LogP contribution in [0.15, 0.2) is 35.4 Å². The molecule has 0 amide bonds. The van der Waals surface area contributed by atoms with Gasteiger partial charge in [0, 0.05) is 31.0 Å². The van der Waals surface area contributed by atoms with E-state index < -0.39 is 0 Å². The van der Waals surface area contributed by atoms with E-state index >= 15 is 0 Å². The standard InChI is InChI=1S/C17H21N7O/c1-2-24-15(19-12-20-24)11-23-8-4-6-14(10-23)17-21-16(22-25-17)13-5-3-7-18-9-13/h3,5,7,9,12,14H,2,4,6,8,10-11H2,1H3/t14-/m1/s1. The number of hydrogen-bond acceptors (Lipinski definition) is 7. The Kier molecular flexibility index (Phi) is 4.51. The lowest BCUT2D eigenvalue weighted by Crippen LogP contribution is -2.35. The highest BCUT2D eigenvalue weighted by Gasteiger charge is 2.27. The van der Waals surface area contributed by atoms with Gasteiger partial charge in [-0.1, -0.05) is 5.16 Å². The number of hydrogen-bond donors (Lipinski definition) is 0. The van der Waals surface area contributed by atoms with Crippen LogP contribution in [0.1, 0.15) is 37.4 Å². The Labute approximate surface area is 145 Å². The number of likely N-dealkylation sites (tertiary alicyclic amines) is 1. The van der Waals surface area contributed by atoms with Gasteiger partial charge in [0.2, 0.25) is 11.7 Å². The van der Waals surface area contributed by atoms with E-state index in [0.29, 0.717) is 11.7 Å². The van der Waals surface area contributed by atoms with E-state index in [2.05, 4.69) is 37.0 Å². The minimum Gasteiger partial charge on any atom is -0.339 e. The third kappa shape index (κ3) is 3.43. The first-order valence-electron chi connectivity index (χ1n) is 8.66. The van der Waals surface area contributed by atoms with Gasteiger partial charge in [0.1, 0.15) is 12.2 Å². The van der Waals surface area contributed by atoms with Crippen molar-refractivity contribution in [2.45, 2.75) is 38.8 Å². The summed E-state index contributed by atoms with van der Waals surface area (Å²) < 4.78 is 7.48. The molecule has 4 rings (SSSR count). The van der Waals surface area contributed by atoms with Gasteiger partial charge in [-0.3, -0.25) is 9.88 Å². The van der Waals surface area contributed by atoms with Crippen molar-refractivity contribution >= 4 is 0 Å². The zero-order valence-corrected chi connectivity index (χ0v) is 14.2. The molecule has 1 fully saturated rings. The summed E-state index contributed by atoms with van der Waals surface area (Å²) in [5.41, 5.74) is 0.876. The monoisotopic (exact) mass is 339 g/mol. The zero-order valence-electron chi connectivity index (χ0n) is 14.2. The fourth-order valence-electron chi connectivity index (χ4n) is 3.29. The van der Waals surface area contributed by atoms with Gasteiger partial charge in [-0.05, 0) is 38.4 Å². The number of aryl methyl sites for hydroxylation is 1. The number of aromatic nitrogens is 6. The zero-order chi connectivity index (χ0) is 17.1. The Morgan fingerprint density at radius 1 is 1.36 bits per heavy atom. The summed E-state index contributed by atoms with van der Waals surface area (Å²) in [6, 6.07) is 3.81. The van der Waals surface area contributed by atoms with Crippen molar-refractivity contribution in [1.29, 1.82) is 0 Å². The molecule has 25 heavy (non-hydrogen) atoms. The molecule has 0 bridgehead atoms. The van der Waals surface area contributed by atoms with Crippen molar-refractivity contribution in [3.8, 4) is 11.4 Å². The molecule has 8 heteroatoms. The van der Waals surface area contributed by atoms with Gasteiger partial charge in [-0.25, -0.2) is 9.67 Å². The average molecular weight is 339 g/mol. The molecule has 0 aliphatic carbocycles. The molecule has 4 heterocycles. The van der Waals surface area contributed by atoms with E-state index in [1.165, 1.54) is 0 Å². The summed E-state index contributed by atoms with van der Waals surface area (Å²) in [5.74, 6) is 2.57. The van der Waals surface area contributed by atoms with E-state index in [1.54, 1.807) is 18.7 Å². The Hall–Kier alpha value is -2.61. The molecule has 0 N–H and O–H groups in total. The van der Waals surface area contributed by atoms with Crippen LogP contribution in [0.2, 0.25) is 0 Å². The van der Waals surface area contributed by atoms with Crippen LogP contribution in [0.3, 0.4) is 0 Å². The van der Waals surface area contributed by atoms with Crippen LogP contribution >= 0.6 is 0 Å². The minimum atomic E-state index is 0.254. The predicted octanol–water partition coefficient (Wildman–Crippen LogP) is 2.12. The van der Waals surface area contributed by atoms with Crippen LogP contribution < -0.4 is 0 Å². The van der Waals surface area contributed by atoms with Gasteiger partial charge in [-0.15, -0.1) is 0 Å². The highest BCUT2D eigenvalue weighted by atomic mass is 16.5. The quantitative estimate of drug-likeness (QED) is 0.704. The highest BCUT2D eigenvalue weighted by Crippen LogP contribution is 2.28. The molecule has 0 spiro atoms. The Morgan fingerprint density at radius 2 is 2.32 bits per heavy atom. The molecule has 130 valence electrons. The average Bonchev–Trinajstić information content (AvgIpc) is 3.32. The first-order valence-corrected chi connectivity index (χ1v) is 8.66. The number of nitrogens with zero attached hydrogens (tertiary/aromatic N) is 7. The van der Waals surface area contributed by atoms with Gasteiger partial charge in [0.15, 0.2) is 0 Å². The van der Waals surface area contributed by atoms with Crippen molar-refractivity contribution in [2.24, 2.45) is 0 Å². The number of pyridine rings is 1. The van der Waals surface area contributed by atoms with Crippen molar-refractivity contribution < 1.29 is 4.52 Å². The van der Waals surface area contributed by atoms with E-state index in [1.807, 2.05) is 16.8 Å². The first kappa shape index (κ1) is 15.9. The molecular formula is C17H21N7O. The molecule has 0 radical (unpaired) electrons. The fraction of sp³-hybridized carbons (Fsp3) is 0.471. The Bertz CT molecular complexity index is 813. The van der Waals surface area contributed by atoms with Gasteiger partial charge in [0.25, 0.3) is 0 Å². The third-order valence-corrected chi connectivity index (χ3v) is 4.58. The van der Waals surface area contributed by atoms with Crippen LogP contribution in [-0.2, 0) is 13.1 Å². The van der Waals surface area contributed by atoms with Gasteiger partial charge < -0.3 is 4.52 Å². The summed E-state index contributed by atoms with van der Waals surface area (Å²) in [5, 5.41) is 8.37. The molecule has 0 unspecified atom stereocenters. The SMILES string of the molecule is CCn1ncnc1CN1CCC[C@@H](c2nc(-c3cccnc3)no2)C1. The minimum absolute atomic E-state index is 0.254. The summed E-state index contributed by atoms with van der Waals surface area (Å²) >= 11 is 0. The van der Waals surface area contributed by atoms with Crippen LogP contribution in [0, 0.1) is 0 Å². The van der Waals surface area contributed by atoms with Crippen LogP contribution in [0.25, 0.3) is 11.4 Å². The maximum Gasteiger partial charge on any atom is 0.231 e. The Morgan fingerprint density at radius 3 is 3.16 bits per heavy atom. The molecule has 1 atom stereocenters. The first-order chi connectivity index (χ1) is 12.3. The summed E-state index contributed by atoms with van der Waals surface area (Å²) in [6.45, 7) is 5.66. The maximum atomic E-state index is 5.54. The van der Waals surface area contributed by atoms with E-state index in [0.717, 1.165) is 50.4 Å². The fourth-order valence-corrected chi connectivity index (χ4v) is 3.29. The second kappa shape index (κ2) is 7.10. The van der Waals surface area contributed by atoms with Crippen LogP contribution in [-0.4, -0.2) is 47.9 Å². The second-order valence-electron chi connectivity index (χ2n) is 6.26. The molecular weight excluding hydrogens is 318 g/mol. The number of piperidine rings is 1. The lowest BCUT2D eigenvalue weighted by Gasteiger charge is -2.30. The maximum absolute atomic E-state index is 5.54. The van der Waals surface area contributed by atoms with Gasteiger partial charge in [0.05, 0.1) is 12.5 Å². The third-order valence-electron chi connectivity index (χ3n) is 4.58. The molecule has 0 aromatic carbocycles. The highest BCUT2D eigenvalue weighted by molar-refractivity contribution is 5.51. The van der Waals surface area contributed by atoms with E-state index in [-0.39, 0.29) is 5.92 Å². The summed E-state index contributed by atoms with van der Waals surface area (Å²) in [4.78, 5) is 15.5. The molecule has 8 nitrogen and oxygen atoms in total. The lowest BCUT2D eigenvalue weighted by molar-refractivity contribution is 0.174. The van der Waals surface area contributed by atoms with Crippen molar-refractivity contribution in [3.05, 3.63) is 42.6 Å². The largest absolute Gasteiger partial charge is 0.339 e. The van der Waals surface area contributed by atoms with Crippen molar-refractivity contribution in [3.63, 3.8) is 0 Å². The smallest absolute Gasteiger partial charge is 0.231 e. The molecule has 1 saturated heterocycles. The van der Waals surface area contributed by atoms with Gasteiger partial charge >= 0.3 is 0 Å². The van der Waals surface area contributed by atoms with Crippen LogP contribution in [0.4, 0.5) is 0 Å². The predicted molar refractivity (Wildman–Crippen MR) is 90.5 cm³/mol. The topological polar surface area (TPSA) is 85.8 Å². The van der Waals surface area contributed by atoms with E-state index in [4.69, 9.17) is 4.52 Å². The van der Waals surface area contributed by atoms with Gasteiger partial charge in [-0.2, -0.15) is 10.1 Å². The van der Waals surface area contributed by atoms with Crippen molar-refractivity contribution in [1.82, 2.24) is 34.8 Å². The van der Waals surface area contributed by atoms with Crippen molar-refractivity contribution in [2.75, 3.05) is 13.1 Å². The molecule has 1 aliphatic heterocycles. The second-order valence-corrected chi connectivity index (χ2v) is 6.26. The lowest BCUT2D eigenvalue weighted by atomic mass is 9.98. The normalized spacial score (nSPS) is 18.5. The summed E-state index contributed by atoms with van der Waals surface area (Å²) in [6.07, 6.45) is 7.28. The molecule has 0 saturated carbocycles. The van der Waals surface area contributed by atoms with Crippen LogP contribution in [0.5, 0.6) is 0 Å².